The van der Waals surface area contributed by atoms with Crippen molar-refractivity contribution >= 4 is 39.2 Å². The van der Waals surface area contributed by atoms with Gasteiger partial charge in [-0.1, -0.05) is 30.3 Å². The Kier molecular flexibility index (Phi) is 7.89. The van der Waals surface area contributed by atoms with Crippen LogP contribution in [-0.4, -0.2) is 37.2 Å². The third-order valence-corrected chi connectivity index (χ3v) is 8.18. The van der Waals surface area contributed by atoms with Crippen molar-refractivity contribution < 1.29 is 22.7 Å². The maximum absolute atomic E-state index is 12.9. The summed E-state index contributed by atoms with van der Waals surface area (Å²) < 4.78 is 33.9. The van der Waals surface area contributed by atoms with Crippen LogP contribution >= 0.6 is 11.3 Å². The Labute approximate surface area is 218 Å². The summed E-state index contributed by atoms with van der Waals surface area (Å²) in [6.07, 6.45) is 3.12. The average molecular weight is 540 g/mol. The van der Waals surface area contributed by atoms with Crippen molar-refractivity contribution in [1.82, 2.24) is 19.6 Å². The van der Waals surface area contributed by atoms with Crippen LogP contribution in [0.1, 0.15) is 22.3 Å². The molecular weight excluding hydrogens is 514 g/mol. The number of aryl methyl sites for hydroxylation is 1. The topological polar surface area (TPSA) is 131 Å². The first-order chi connectivity index (χ1) is 17.7. The van der Waals surface area contributed by atoms with Crippen LogP contribution in [0.2, 0.25) is 0 Å². The first-order valence-electron chi connectivity index (χ1n) is 11.2. The van der Waals surface area contributed by atoms with E-state index >= 15 is 0 Å². The molecule has 0 saturated carbocycles. The third kappa shape index (κ3) is 6.54. The Balaban J connectivity index is 1.59. The standard InChI is InChI=1S/C25H25N5O5S2/c1-17-8-13-22(36-17)37(33,34)29-24(31)28-21(16-18-6-4-3-5-7-18)23-26-14-15-30(23)20-11-9-19(10-12-20)27-25(32)35-2/h3-15,21H,16H2,1-2H3,(H,27,32)(H2,28,29,31). The quantitative estimate of drug-likeness (QED) is 0.304. The van der Waals surface area contributed by atoms with Crippen LogP contribution in [0.5, 0.6) is 0 Å². The largest absolute Gasteiger partial charge is 0.453 e. The fraction of sp³-hybridized carbons (Fsp3) is 0.160. The zero-order chi connectivity index (χ0) is 26.4. The number of nitrogens with zero attached hydrogens (tertiary/aromatic N) is 2. The monoisotopic (exact) mass is 539 g/mol. The van der Waals surface area contributed by atoms with Crippen LogP contribution < -0.4 is 15.4 Å². The van der Waals surface area contributed by atoms with Crippen molar-refractivity contribution in [3.63, 3.8) is 0 Å². The van der Waals surface area contributed by atoms with Gasteiger partial charge >= 0.3 is 12.1 Å². The molecule has 0 aliphatic heterocycles. The molecule has 0 aliphatic rings. The number of sulfonamides is 1. The smallest absolute Gasteiger partial charge is 0.411 e. The van der Waals surface area contributed by atoms with E-state index in [4.69, 9.17) is 0 Å². The Bertz CT molecular complexity index is 1480. The molecule has 192 valence electrons. The van der Waals surface area contributed by atoms with Gasteiger partial charge in [-0.05, 0) is 55.3 Å². The lowest BCUT2D eigenvalue weighted by atomic mass is 10.1. The van der Waals surface area contributed by atoms with E-state index in [9.17, 15) is 18.0 Å². The normalized spacial score (nSPS) is 11.9. The summed E-state index contributed by atoms with van der Waals surface area (Å²) in [6, 6.07) is 18.1. The molecular formula is C25H25N5O5S2. The number of imidazole rings is 1. The van der Waals surface area contributed by atoms with Crippen LogP contribution in [0, 0.1) is 6.92 Å². The Morgan fingerprint density at radius 3 is 2.43 bits per heavy atom. The van der Waals surface area contributed by atoms with E-state index in [1.807, 2.05) is 30.3 Å². The number of carbonyl (C=O) groups excluding carboxylic acids is 2. The molecule has 0 fully saturated rings. The zero-order valence-corrected chi connectivity index (χ0v) is 21.7. The number of hydrogen-bond acceptors (Lipinski definition) is 7. The molecule has 0 bridgehead atoms. The summed E-state index contributed by atoms with van der Waals surface area (Å²) in [5.41, 5.74) is 2.20. The number of rotatable bonds is 8. The van der Waals surface area contributed by atoms with Crippen molar-refractivity contribution in [1.29, 1.82) is 0 Å². The molecule has 0 spiro atoms. The number of nitrogens with one attached hydrogen (secondary N) is 3. The summed E-state index contributed by atoms with van der Waals surface area (Å²) in [4.78, 5) is 29.6. The minimum Gasteiger partial charge on any atom is -0.453 e. The van der Waals surface area contributed by atoms with Crippen LogP contribution in [0.3, 0.4) is 0 Å². The predicted octanol–water partition coefficient (Wildman–Crippen LogP) is 4.39. The first kappa shape index (κ1) is 25.9. The van der Waals surface area contributed by atoms with Crippen molar-refractivity contribution in [2.24, 2.45) is 0 Å². The van der Waals surface area contributed by atoms with Gasteiger partial charge < -0.3 is 14.6 Å². The number of anilines is 1. The van der Waals surface area contributed by atoms with Gasteiger partial charge in [0.1, 0.15) is 10.0 Å². The highest BCUT2D eigenvalue weighted by atomic mass is 32.2. The molecule has 0 aliphatic carbocycles. The van der Waals surface area contributed by atoms with Gasteiger partial charge in [-0.15, -0.1) is 11.3 Å². The second kappa shape index (κ2) is 11.3. The number of carbonyl (C=O) groups is 2. The molecule has 2 heterocycles. The molecule has 3 N–H and O–H groups in total. The third-order valence-electron chi connectivity index (χ3n) is 5.35. The number of methoxy groups -OCH3 is 1. The molecule has 12 heteroatoms. The number of thiophene rings is 1. The summed E-state index contributed by atoms with van der Waals surface area (Å²) >= 11 is 1.08. The van der Waals surface area contributed by atoms with Crippen molar-refractivity contribution in [3.05, 3.63) is 95.4 Å². The fourth-order valence-electron chi connectivity index (χ4n) is 3.64. The van der Waals surface area contributed by atoms with Crippen LogP contribution in [0.4, 0.5) is 15.3 Å². The highest BCUT2D eigenvalue weighted by molar-refractivity contribution is 7.92. The van der Waals surface area contributed by atoms with Gasteiger partial charge in [0.25, 0.3) is 10.0 Å². The minimum atomic E-state index is -4.02. The molecule has 2 aromatic carbocycles. The van der Waals surface area contributed by atoms with E-state index in [1.54, 1.807) is 54.2 Å². The van der Waals surface area contributed by atoms with Gasteiger partial charge in [-0.3, -0.25) is 5.32 Å². The molecule has 1 atom stereocenters. The van der Waals surface area contributed by atoms with Crippen molar-refractivity contribution in [2.45, 2.75) is 23.6 Å². The lowest BCUT2D eigenvalue weighted by Crippen LogP contribution is -2.42. The lowest BCUT2D eigenvalue weighted by molar-refractivity contribution is 0.187. The molecule has 10 nitrogen and oxygen atoms in total. The highest BCUT2D eigenvalue weighted by Gasteiger charge is 2.25. The molecule has 0 radical (unpaired) electrons. The first-order valence-corrected chi connectivity index (χ1v) is 13.5. The highest BCUT2D eigenvalue weighted by Crippen LogP contribution is 2.23. The van der Waals surface area contributed by atoms with Gasteiger partial charge in [0.2, 0.25) is 0 Å². The van der Waals surface area contributed by atoms with Crippen molar-refractivity contribution in [2.75, 3.05) is 12.4 Å². The number of ether oxygens (including phenoxy) is 1. The summed E-state index contributed by atoms with van der Waals surface area (Å²) in [7, 11) is -2.74. The average Bonchev–Trinajstić information content (AvgIpc) is 3.54. The van der Waals surface area contributed by atoms with Crippen molar-refractivity contribution in [3.8, 4) is 5.69 Å². The van der Waals surface area contributed by atoms with E-state index in [1.165, 1.54) is 13.2 Å². The zero-order valence-electron chi connectivity index (χ0n) is 20.0. The summed E-state index contributed by atoms with van der Waals surface area (Å²) in [5.74, 6) is 0.497. The lowest BCUT2D eigenvalue weighted by Gasteiger charge is -2.20. The maximum atomic E-state index is 12.9. The molecule has 1 unspecified atom stereocenters. The predicted molar refractivity (Wildman–Crippen MR) is 140 cm³/mol. The summed E-state index contributed by atoms with van der Waals surface area (Å²) in [5, 5.41) is 5.36. The Morgan fingerprint density at radius 1 is 1.05 bits per heavy atom. The number of urea groups is 1. The van der Waals surface area contributed by atoms with E-state index in [2.05, 4.69) is 25.1 Å². The van der Waals surface area contributed by atoms with E-state index in [0.29, 0.717) is 17.9 Å². The number of amides is 3. The van der Waals surface area contributed by atoms with Crippen LogP contribution in [-0.2, 0) is 21.2 Å². The van der Waals surface area contributed by atoms with Crippen LogP contribution in [0.25, 0.3) is 5.69 Å². The second-order valence-electron chi connectivity index (χ2n) is 8.01. The van der Waals surface area contributed by atoms with E-state index in [-0.39, 0.29) is 4.21 Å². The Morgan fingerprint density at radius 2 is 1.78 bits per heavy atom. The fourth-order valence-corrected chi connectivity index (χ4v) is 5.84. The molecule has 37 heavy (non-hydrogen) atoms. The maximum Gasteiger partial charge on any atom is 0.411 e. The molecule has 0 saturated heterocycles. The van der Waals surface area contributed by atoms with Crippen LogP contribution in [0.15, 0.2) is 83.3 Å². The minimum absolute atomic E-state index is 0.0573. The van der Waals surface area contributed by atoms with Gasteiger partial charge in [-0.2, -0.15) is 0 Å². The molecule has 4 rings (SSSR count). The Hall–Kier alpha value is -4.16. The van der Waals surface area contributed by atoms with E-state index in [0.717, 1.165) is 27.5 Å². The number of aromatic nitrogens is 2. The van der Waals surface area contributed by atoms with Gasteiger partial charge in [0.05, 0.1) is 13.2 Å². The second-order valence-corrected chi connectivity index (χ2v) is 11.2. The SMILES string of the molecule is COC(=O)Nc1ccc(-n2ccnc2C(Cc2ccccc2)NC(=O)NS(=O)(=O)c2ccc(C)s2)cc1. The molecule has 3 amide bonds. The summed E-state index contributed by atoms with van der Waals surface area (Å²) in [6.45, 7) is 1.79. The van der Waals surface area contributed by atoms with E-state index < -0.39 is 28.2 Å². The molecule has 2 aromatic heterocycles. The van der Waals surface area contributed by atoms with Gasteiger partial charge in [-0.25, -0.2) is 27.7 Å². The van der Waals surface area contributed by atoms with Gasteiger partial charge in [0, 0.05) is 28.6 Å². The number of benzene rings is 2. The molecule has 4 aromatic rings. The van der Waals surface area contributed by atoms with Gasteiger partial charge in [0.15, 0.2) is 0 Å². The number of hydrogen-bond donors (Lipinski definition) is 3.